The van der Waals surface area contributed by atoms with Crippen LogP contribution in [0.2, 0.25) is 0 Å². The first-order valence-corrected chi connectivity index (χ1v) is 10.5. The van der Waals surface area contributed by atoms with Crippen LogP contribution >= 0.6 is 0 Å². The number of nitrogens with one attached hydrogen (secondary N) is 2. The molecule has 166 valence electrons. The minimum atomic E-state index is -0.451. The summed E-state index contributed by atoms with van der Waals surface area (Å²) in [5.41, 5.74) is 3.13. The van der Waals surface area contributed by atoms with Gasteiger partial charge >= 0.3 is 5.97 Å². The molecule has 0 radical (unpaired) electrons. The van der Waals surface area contributed by atoms with E-state index in [1.807, 2.05) is 26.0 Å². The topological polar surface area (TPSA) is 104 Å². The number of H-pyrrole nitrogens is 1. The fourth-order valence-corrected chi connectivity index (χ4v) is 4.16. The van der Waals surface area contributed by atoms with Crippen molar-refractivity contribution in [3.63, 3.8) is 0 Å². The molecule has 8 nitrogen and oxygen atoms in total. The van der Waals surface area contributed by atoms with Gasteiger partial charge in [-0.25, -0.2) is 9.78 Å². The van der Waals surface area contributed by atoms with Gasteiger partial charge < -0.3 is 15.0 Å². The Morgan fingerprint density at radius 2 is 1.90 bits per heavy atom. The summed E-state index contributed by atoms with van der Waals surface area (Å²) in [5.74, 6) is -0.0954. The monoisotopic (exact) mass is 426 g/mol. The summed E-state index contributed by atoms with van der Waals surface area (Å²) < 4.78 is 4.83. The molecule has 1 amide bonds. The second kappa shape index (κ2) is 9.43. The fraction of sp³-hybridized carbons (Fsp3) is 0.478. The van der Waals surface area contributed by atoms with Crippen LogP contribution in [0, 0.1) is 26.7 Å². The SMILES string of the molecule is COC(=O)c1c(C)[nH]c(C(=O)C(C)N2CCC(C(=O)Nc3cc(C)ccn3)CC2)c1C. The van der Waals surface area contributed by atoms with Gasteiger partial charge in [-0.3, -0.25) is 14.5 Å². The number of piperidine rings is 1. The molecule has 3 heterocycles. The van der Waals surface area contributed by atoms with E-state index in [1.54, 1.807) is 20.0 Å². The zero-order valence-corrected chi connectivity index (χ0v) is 18.7. The molecule has 0 bridgehead atoms. The standard InChI is InChI=1S/C23H30N4O4/c1-13-6-9-24-18(12-13)26-22(29)17-7-10-27(11-8-17)16(4)21(28)20-14(2)19(15(3)25-20)23(30)31-5/h6,9,12,16-17,25H,7-8,10-11H2,1-5H3,(H,24,26,29). The molecule has 1 saturated heterocycles. The van der Waals surface area contributed by atoms with Gasteiger partial charge in [0.15, 0.2) is 5.78 Å². The van der Waals surface area contributed by atoms with Gasteiger partial charge in [0.25, 0.3) is 0 Å². The zero-order valence-electron chi connectivity index (χ0n) is 18.7. The maximum absolute atomic E-state index is 13.1. The van der Waals surface area contributed by atoms with E-state index in [0.29, 0.717) is 54.3 Å². The normalized spacial score (nSPS) is 16.0. The number of methoxy groups -OCH3 is 1. The van der Waals surface area contributed by atoms with Crippen LogP contribution in [0.25, 0.3) is 0 Å². The molecule has 0 saturated carbocycles. The lowest BCUT2D eigenvalue weighted by atomic mass is 9.93. The van der Waals surface area contributed by atoms with Crippen molar-refractivity contribution in [3.05, 3.63) is 46.4 Å². The highest BCUT2D eigenvalue weighted by atomic mass is 16.5. The zero-order chi connectivity index (χ0) is 22.7. The van der Waals surface area contributed by atoms with E-state index in [-0.39, 0.29) is 23.7 Å². The summed E-state index contributed by atoms with van der Waals surface area (Å²) in [6.07, 6.45) is 3.02. The summed E-state index contributed by atoms with van der Waals surface area (Å²) >= 11 is 0. The van der Waals surface area contributed by atoms with Crippen molar-refractivity contribution in [1.29, 1.82) is 0 Å². The predicted octanol–water partition coefficient (Wildman–Crippen LogP) is 3.04. The molecule has 1 aliphatic heterocycles. The van der Waals surface area contributed by atoms with E-state index in [4.69, 9.17) is 4.74 Å². The van der Waals surface area contributed by atoms with Gasteiger partial charge in [0.05, 0.1) is 24.4 Å². The number of hydrogen-bond donors (Lipinski definition) is 2. The lowest BCUT2D eigenvalue weighted by molar-refractivity contribution is -0.121. The van der Waals surface area contributed by atoms with Crippen molar-refractivity contribution in [2.24, 2.45) is 5.92 Å². The Morgan fingerprint density at radius 1 is 1.23 bits per heavy atom. The maximum Gasteiger partial charge on any atom is 0.339 e. The fourth-order valence-electron chi connectivity index (χ4n) is 4.16. The number of aryl methyl sites for hydroxylation is 2. The van der Waals surface area contributed by atoms with Gasteiger partial charge in [-0.05, 0) is 76.9 Å². The summed E-state index contributed by atoms with van der Waals surface area (Å²) in [4.78, 5) is 47.1. The number of likely N-dealkylation sites (tertiary alicyclic amines) is 1. The number of amides is 1. The molecule has 2 N–H and O–H groups in total. The lowest BCUT2D eigenvalue weighted by Gasteiger charge is -2.34. The van der Waals surface area contributed by atoms with Crippen molar-refractivity contribution >= 4 is 23.5 Å². The summed E-state index contributed by atoms with van der Waals surface area (Å²) in [6.45, 7) is 8.63. The van der Waals surface area contributed by atoms with E-state index in [2.05, 4.69) is 20.2 Å². The van der Waals surface area contributed by atoms with Gasteiger partial charge in [0, 0.05) is 17.8 Å². The highest BCUT2D eigenvalue weighted by molar-refractivity contribution is 6.03. The summed E-state index contributed by atoms with van der Waals surface area (Å²) in [7, 11) is 1.33. The minimum Gasteiger partial charge on any atom is -0.465 e. The Morgan fingerprint density at radius 3 is 2.52 bits per heavy atom. The highest BCUT2D eigenvalue weighted by Crippen LogP contribution is 2.25. The first-order valence-electron chi connectivity index (χ1n) is 10.5. The third kappa shape index (κ3) is 4.85. The van der Waals surface area contributed by atoms with Crippen molar-refractivity contribution < 1.29 is 19.1 Å². The average Bonchev–Trinajstić information content (AvgIpc) is 3.06. The third-order valence-corrected chi connectivity index (χ3v) is 6.07. The Bertz CT molecular complexity index is 989. The summed E-state index contributed by atoms with van der Waals surface area (Å²) in [6, 6.07) is 3.37. The van der Waals surface area contributed by atoms with Crippen LogP contribution in [0.1, 0.15) is 57.4 Å². The number of rotatable bonds is 6. The molecule has 2 aromatic rings. The molecule has 3 rings (SSSR count). The Balaban J connectivity index is 1.61. The Hall–Kier alpha value is -3.00. The van der Waals surface area contributed by atoms with Crippen LogP contribution < -0.4 is 5.32 Å². The maximum atomic E-state index is 13.1. The first kappa shape index (κ1) is 22.7. The number of carbonyl (C=O) groups is 3. The number of aromatic nitrogens is 2. The number of aromatic amines is 1. The van der Waals surface area contributed by atoms with Crippen LogP contribution in [0.5, 0.6) is 0 Å². The second-order valence-corrected chi connectivity index (χ2v) is 8.17. The molecule has 0 aromatic carbocycles. The van der Waals surface area contributed by atoms with E-state index in [9.17, 15) is 14.4 Å². The Kier molecular flexibility index (Phi) is 6.90. The second-order valence-electron chi connectivity index (χ2n) is 8.17. The van der Waals surface area contributed by atoms with Crippen LogP contribution in [0.15, 0.2) is 18.3 Å². The number of carbonyl (C=O) groups excluding carboxylic acids is 3. The summed E-state index contributed by atoms with van der Waals surface area (Å²) in [5, 5.41) is 2.89. The third-order valence-electron chi connectivity index (χ3n) is 6.07. The van der Waals surface area contributed by atoms with Crippen LogP contribution in [-0.2, 0) is 9.53 Å². The lowest BCUT2D eigenvalue weighted by Crippen LogP contribution is -2.46. The molecule has 0 aliphatic carbocycles. The highest BCUT2D eigenvalue weighted by Gasteiger charge is 2.32. The smallest absolute Gasteiger partial charge is 0.339 e. The molecule has 8 heteroatoms. The van der Waals surface area contributed by atoms with Crippen molar-refractivity contribution in [2.75, 3.05) is 25.5 Å². The first-order chi connectivity index (χ1) is 14.7. The number of pyridine rings is 1. The van der Waals surface area contributed by atoms with Crippen molar-refractivity contribution in [1.82, 2.24) is 14.9 Å². The van der Waals surface area contributed by atoms with Crippen LogP contribution in [0.4, 0.5) is 5.82 Å². The molecule has 1 aliphatic rings. The molecule has 1 atom stereocenters. The van der Waals surface area contributed by atoms with E-state index >= 15 is 0 Å². The van der Waals surface area contributed by atoms with Gasteiger partial charge in [0.2, 0.25) is 5.91 Å². The molecular formula is C23H30N4O4. The molecule has 1 unspecified atom stereocenters. The predicted molar refractivity (Wildman–Crippen MR) is 117 cm³/mol. The number of Topliss-reactive ketones (excluding diaryl/α,β-unsaturated/α-hetero) is 1. The minimum absolute atomic E-state index is 0.0321. The van der Waals surface area contributed by atoms with Gasteiger partial charge in [-0.2, -0.15) is 0 Å². The number of hydrogen-bond acceptors (Lipinski definition) is 6. The van der Waals surface area contributed by atoms with Crippen LogP contribution in [-0.4, -0.2) is 58.8 Å². The Labute approximate surface area is 182 Å². The number of ether oxygens (including phenoxy) is 1. The molecular weight excluding hydrogens is 396 g/mol. The average molecular weight is 427 g/mol. The van der Waals surface area contributed by atoms with Gasteiger partial charge in [-0.15, -0.1) is 0 Å². The largest absolute Gasteiger partial charge is 0.465 e. The molecule has 2 aromatic heterocycles. The van der Waals surface area contributed by atoms with Crippen molar-refractivity contribution in [3.8, 4) is 0 Å². The quantitative estimate of drug-likeness (QED) is 0.543. The van der Waals surface area contributed by atoms with Gasteiger partial charge in [-0.1, -0.05) is 0 Å². The number of anilines is 1. The number of esters is 1. The van der Waals surface area contributed by atoms with Crippen LogP contribution in [0.3, 0.4) is 0 Å². The van der Waals surface area contributed by atoms with Crippen molar-refractivity contribution in [2.45, 2.75) is 46.6 Å². The van der Waals surface area contributed by atoms with E-state index in [0.717, 1.165) is 5.56 Å². The molecule has 31 heavy (non-hydrogen) atoms. The van der Waals surface area contributed by atoms with E-state index < -0.39 is 5.97 Å². The van der Waals surface area contributed by atoms with Gasteiger partial charge in [0.1, 0.15) is 5.82 Å². The number of nitrogens with zero attached hydrogens (tertiary/aromatic N) is 2. The number of ketones is 1. The molecule has 1 fully saturated rings. The molecule has 0 spiro atoms. The van der Waals surface area contributed by atoms with E-state index in [1.165, 1.54) is 7.11 Å².